The number of nitrogens with zero attached hydrogens (tertiary/aromatic N) is 3. The van der Waals surface area contributed by atoms with Gasteiger partial charge in [0.2, 0.25) is 5.13 Å². The van der Waals surface area contributed by atoms with Crippen molar-refractivity contribution in [2.75, 3.05) is 19.2 Å². The molecule has 4 rings (SSSR count). The summed E-state index contributed by atoms with van der Waals surface area (Å²) < 4.78 is 11.6. The normalized spacial score (nSPS) is 11.2. The maximum absolute atomic E-state index is 13.4. The number of thiophene rings is 1. The zero-order chi connectivity index (χ0) is 21.1. The van der Waals surface area contributed by atoms with Gasteiger partial charge in [-0.15, -0.1) is 11.3 Å². The number of rotatable bonds is 6. The van der Waals surface area contributed by atoms with Gasteiger partial charge in [-0.3, -0.25) is 4.79 Å². The van der Waals surface area contributed by atoms with Crippen molar-refractivity contribution in [1.29, 1.82) is 0 Å². The van der Waals surface area contributed by atoms with Crippen LogP contribution in [-0.4, -0.2) is 31.3 Å². The third-order valence-electron chi connectivity index (χ3n) is 4.38. The maximum Gasteiger partial charge on any atom is 0.280 e. The Labute approximate surface area is 182 Å². The number of fused-ring (bicyclic) bond motifs is 1. The molecule has 2 heterocycles. The van der Waals surface area contributed by atoms with E-state index in [1.807, 2.05) is 36.6 Å². The van der Waals surface area contributed by atoms with Crippen LogP contribution in [0.3, 0.4) is 0 Å². The van der Waals surface area contributed by atoms with Gasteiger partial charge in [0.1, 0.15) is 0 Å². The van der Waals surface area contributed by atoms with Gasteiger partial charge in [-0.1, -0.05) is 23.5 Å². The number of thiazole rings is 1. The van der Waals surface area contributed by atoms with E-state index in [1.165, 1.54) is 23.5 Å². The van der Waals surface area contributed by atoms with Crippen molar-refractivity contribution in [3.8, 4) is 11.5 Å². The number of aromatic nitrogens is 1. The van der Waals surface area contributed by atoms with E-state index in [1.54, 1.807) is 42.9 Å². The first-order valence-electron chi connectivity index (χ1n) is 9.10. The zero-order valence-electron chi connectivity index (χ0n) is 16.7. The van der Waals surface area contributed by atoms with Crippen LogP contribution in [0, 0.1) is 6.92 Å². The topological polar surface area (TPSA) is 64.0 Å². The molecular formula is C22H19N3O3S2. The number of ether oxygens (including phenoxy) is 2. The molecule has 152 valence electrons. The first-order chi connectivity index (χ1) is 14.6. The number of benzene rings is 2. The lowest BCUT2D eigenvalue weighted by Crippen LogP contribution is -2.25. The molecule has 0 unspecified atom stereocenters. The van der Waals surface area contributed by atoms with Gasteiger partial charge < -0.3 is 9.47 Å². The molecule has 0 N–H and O–H groups in total. The number of anilines is 1. The molecule has 30 heavy (non-hydrogen) atoms. The SMILES string of the molecule is COc1ccc(C(=O)N(/N=C/c2cccs2)c2nc3ccc(C)cc3s2)cc1OC. The summed E-state index contributed by atoms with van der Waals surface area (Å²) in [5.41, 5.74) is 2.39. The molecule has 0 aliphatic heterocycles. The van der Waals surface area contributed by atoms with E-state index in [9.17, 15) is 4.79 Å². The summed E-state index contributed by atoms with van der Waals surface area (Å²) in [6.07, 6.45) is 1.67. The van der Waals surface area contributed by atoms with Gasteiger partial charge in [0.15, 0.2) is 11.5 Å². The number of methoxy groups -OCH3 is 2. The number of carbonyl (C=O) groups excluding carboxylic acids is 1. The second-order valence-electron chi connectivity index (χ2n) is 6.41. The number of hydrogen-bond acceptors (Lipinski definition) is 7. The second-order valence-corrected chi connectivity index (χ2v) is 8.40. The van der Waals surface area contributed by atoms with Gasteiger partial charge in [0.05, 0.1) is 30.7 Å². The van der Waals surface area contributed by atoms with E-state index in [-0.39, 0.29) is 5.91 Å². The molecule has 6 nitrogen and oxygen atoms in total. The van der Waals surface area contributed by atoms with Gasteiger partial charge in [0, 0.05) is 10.4 Å². The largest absolute Gasteiger partial charge is 0.493 e. The highest BCUT2D eigenvalue weighted by molar-refractivity contribution is 7.22. The Morgan fingerprint density at radius 3 is 2.67 bits per heavy atom. The Bertz CT molecular complexity index is 1220. The zero-order valence-corrected chi connectivity index (χ0v) is 18.3. The lowest BCUT2D eigenvalue weighted by Gasteiger charge is -2.15. The highest BCUT2D eigenvalue weighted by atomic mass is 32.1. The molecule has 0 saturated carbocycles. The fourth-order valence-corrected chi connectivity index (χ4v) is 4.47. The van der Waals surface area contributed by atoms with Gasteiger partial charge in [-0.05, 0) is 54.3 Å². The van der Waals surface area contributed by atoms with E-state index in [4.69, 9.17) is 9.47 Å². The molecular weight excluding hydrogens is 418 g/mol. The summed E-state index contributed by atoms with van der Waals surface area (Å²) in [5.74, 6) is 0.725. The van der Waals surface area contributed by atoms with Crippen molar-refractivity contribution in [1.82, 2.24) is 4.98 Å². The van der Waals surface area contributed by atoms with E-state index in [2.05, 4.69) is 16.2 Å². The highest BCUT2D eigenvalue weighted by Gasteiger charge is 2.22. The smallest absolute Gasteiger partial charge is 0.280 e. The number of carbonyl (C=O) groups is 1. The molecule has 0 aliphatic carbocycles. The fourth-order valence-electron chi connectivity index (χ4n) is 2.87. The first-order valence-corrected chi connectivity index (χ1v) is 10.8. The van der Waals surface area contributed by atoms with Crippen LogP contribution >= 0.6 is 22.7 Å². The average molecular weight is 438 g/mol. The summed E-state index contributed by atoms with van der Waals surface area (Å²) in [5, 5.41) is 8.27. The predicted octanol–water partition coefficient (Wildman–Crippen LogP) is 5.36. The molecule has 0 fully saturated rings. The van der Waals surface area contributed by atoms with Crippen LogP contribution < -0.4 is 14.5 Å². The quantitative estimate of drug-likeness (QED) is 0.301. The Hall–Kier alpha value is -3.23. The van der Waals surface area contributed by atoms with Crippen molar-refractivity contribution >= 4 is 50.1 Å². The number of aryl methyl sites for hydroxylation is 1. The van der Waals surface area contributed by atoms with Gasteiger partial charge in [0.25, 0.3) is 5.91 Å². The van der Waals surface area contributed by atoms with Gasteiger partial charge >= 0.3 is 0 Å². The third kappa shape index (κ3) is 4.05. The van der Waals surface area contributed by atoms with Crippen molar-refractivity contribution in [2.45, 2.75) is 6.92 Å². The maximum atomic E-state index is 13.4. The molecule has 2 aromatic carbocycles. The van der Waals surface area contributed by atoms with E-state index >= 15 is 0 Å². The molecule has 1 amide bonds. The molecule has 0 radical (unpaired) electrons. The van der Waals surface area contributed by atoms with Crippen LogP contribution in [0.2, 0.25) is 0 Å². The van der Waals surface area contributed by atoms with Crippen molar-refractivity contribution < 1.29 is 14.3 Å². The summed E-state index contributed by atoms with van der Waals surface area (Å²) in [6.45, 7) is 2.03. The third-order valence-corrected chi connectivity index (χ3v) is 6.18. The summed E-state index contributed by atoms with van der Waals surface area (Å²) in [7, 11) is 3.09. The number of hydrogen-bond donors (Lipinski definition) is 0. The standard InChI is InChI=1S/C22H19N3O3S2/c1-14-6-8-17-20(11-14)30-22(24-17)25(23-13-16-5-4-10-29-16)21(26)15-7-9-18(27-2)19(12-15)28-3/h4-13H,1-3H3/b23-13+. The van der Waals surface area contributed by atoms with Crippen LogP contribution in [0.1, 0.15) is 20.8 Å². The Balaban J connectivity index is 1.77. The molecule has 0 saturated heterocycles. The minimum atomic E-state index is -0.306. The number of hydrazone groups is 1. The lowest BCUT2D eigenvalue weighted by molar-refractivity contribution is 0.0987. The molecule has 0 bridgehead atoms. The Morgan fingerprint density at radius 1 is 1.10 bits per heavy atom. The molecule has 4 aromatic rings. The minimum Gasteiger partial charge on any atom is -0.493 e. The van der Waals surface area contributed by atoms with Crippen LogP contribution in [0.15, 0.2) is 59.0 Å². The van der Waals surface area contributed by atoms with Crippen molar-refractivity contribution in [3.63, 3.8) is 0 Å². The van der Waals surface area contributed by atoms with Crippen LogP contribution in [0.25, 0.3) is 10.2 Å². The van der Waals surface area contributed by atoms with E-state index in [0.717, 1.165) is 20.7 Å². The molecule has 8 heteroatoms. The summed E-state index contributed by atoms with van der Waals surface area (Å²) >= 11 is 2.97. The molecule has 0 atom stereocenters. The lowest BCUT2D eigenvalue weighted by atomic mass is 10.2. The molecule has 0 aliphatic rings. The average Bonchev–Trinajstić information content (AvgIpc) is 3.42. The molecule has 2 aromatic heterocycles. The van der Waals surface area contributed by atoms with E-state index in [0.29, 0.717) is 22.2 Å². The Kier molecular flexibility index (Phi) is 5.78. The second kappa shape index (κ2) is 8.64. The predicted molar refractivity (Wildman–Crippen MR) is 123 cm³/mol. The van der Waals surface area contributed by atoms with Crippen LogP contribution in [0.5, 0.6) is 11.5 Å². The Morgan fingerprint density at radius 2 is 1.93 bits per heavy atom. The van der Waals surface area contributed by atoms with Gasteiger partial charge in [-0.2, -0.15) is 10.1 Å². The van der Waals surface area contributed by atoms with Crippen molar-refractivity contribution in [3.05, 3.63) is 69.9 Å². The monoisotopic (exact) mass is 437 g/mol. The highest BCUT2D eigenvalue weighted by Crippen LogP contribution is 2.32. The van der Waals surface area contributed by atoms with Crippen LogP contribution in [0.4, 0.5) is 5.13 Å². The van der Waals surface area contributed by atoms with Crippen LogP contribution in [-0.2, 0) is 0 Å². The van der Waals surface area contributed by atoms with E-state index < -0.39 is 0 Å². The molecule has 0 spiro atoms. The summed E-state index contributed by atoms with van der Waals surface area (Å²) in [4.78, 5) is 19.0. The van der Waals surface area contributed by atoms with Crippen molar-refractivity contribution in [2.24, 2.45) is 5.10 Å². The first kappa shape index (κ1) is 20.1. The summed E-state index contributed by atoms with van der Waals surface area (Å²) in [6, 6.07) is 14.9. The fraction of sp³-hybridized carbons (Fsp3) is 0.136. The number of amides is 1. The minimum absolute atomic E-state index is 0.306. The van der Waals surface area contributed by atoms with Gasteiger partial charge in [-0.25, -0.2) is 4.98 Å².